The zero-order valence-corrected chi connectivity index (χ0v) is 15.2. The molecule has 24 heavy (non-hydrogen) atoms. The van der Waals surface area contributed by atoms with Gasteiger partial charge in [-0.15, -0.1) is 0 Å². The van der Waals surface area contributed by atoms with Crippen LogP contribution in [0.25, 0.3) is 0 Å². The maximum absolute atomic E-state index is 11.4. The molecule has 3 aromatic rings. The number of H-pyrrole nitrogens is 1. The van der Waals surface area contributed by atoms with Crippen molar-refractivity contribution < 1.29 is 4.74 Å². The molecule has 0 amide bonds. The van der Waals surface area contributed by atoms with Crippen LogP contribution in [-0.2, 0) is 6.42 Å². The van der Waals surface area contributed by atoms with E-state index in [1.54, 1.807) is 19.1 Å². The molecule has 0 spiro atoms. The Morgan fingerprint density at radius 1 is 1.17 bits per heavy atom. The third kappa shape index (κ3) is 3.86. The highest BCUT2D eigenvalue weighted by molar-refractivity contribution is 9.10. The monoisotopic (exact) mass is 404 g/mol. The number of benzene rings is 2. The van der Waals surface area contributed by atoms with E-state index in [2.05, 4.69) is 26.1 Å². The largest absolute Gasteiger partial charge is 0.455 e. The van der Waals surface area contributed by atoms with E-state index in [4.69, 9.17) is 16.3 Å². The summed E-state index contributed by atoms with van der Waals surface area (Å²) in [5.41, 5.74) is 2.28. The number of rotatable bonds is 4. The predicted octanol–water partition coefficient (Wildman–Crippen LogP) is 4.88. The molecule has 3 rings (SSSR count). The van der Waals surface area contributed by atoms with E-state index in [1.165, 1.54) is 0 Å². The van der Waals surface area contributed by atoms with Crippen LogP contribution in [0.5, 0.6) is 11.5 Å². The van der Waals surface area contributed by atoms with Crippen molar-refractivity contribution >= 4 is 27.5 Å². The summed E-state index contributed by atoms with van der Waals surface area (Å²) in [6.45, 7) is 1.76. The third-order valence-electron chi connectivity index (χ3n) is 3.48. The first-order chi connectivity index (χ1) is 11.5. The lowest BCUT2D eigenvalue weighted by Crippen LogP contribution is -2.12. The zero-order chi connectivity index (χ0) is 17.1. The summed E-state index contributed by atoms with van der Waals surface area (Å²) >= 11 is 9.63. The van der Waals surface area contributed by atoms with Gasteiger partial charge in [0, 0.05) is 12.0 Å². The molecule has 2 aromatic carbocycles. The Balaban J connectivity index is 1.87. The molecular weight excluding hydrogens is 392 g/mol. The maximum Gasteiger partial charge on any atom is 0.267 e. The maximum atomic E-state index is 11.4. The lowest BCUT2D eigenvalue weighted by molar-refractivity contribution is 0.479. The van der Waals surface area contributed by atoms with Gasteiger partial charge in [0.05, 0.1) is 15.2 Å². The molecule has 4 nitrogen and oxygen atoms in total. The summed E-state index contributed by atoms with van der Waals surface area (Å²) in [7, 11) is 0. The molecule has 0 radical (unpaired) electrons. The molecule has 0 aliphatic heterocycles. The molecule has 6 heteroatoms. The number of aromatic nitrogens is 2. The molecule has 0 atom stereocenters. The minimum atomic E-state index is -0.169. The van der Waals surface area contributed by atoms with Gasteiger partial charge >= 0.3 is 0 Å². The number of aromatic amines is 1. The summed E-state index contributed by atoms with van der Waals surface area (Å²) in [6, 6.07) is 14.9. The minimum absolute atomic E-state index is 0.169. The molecule has 0 bridgehead atoms. The second-order valence-corrected chi connectivity index (χ2v) is 6.61. The van der Waals surface area contributed by atoms with Crippen LogP contribution in [-0.4, -0.2) is 10.2 Å². The topological polar surface area (TPSA) is 55.0 Å². The summed E-state index contributed by atoms with van der Waals surface area (Å²) < 4.78 is 6.73. The molecule has 1 N–H and O–H groups in total. The van der Waals surface area contributed by atoms with E-state index in [-0.39, 0.29) is 5.56 Å². The highest BCUT2D eigenvalue weighted by atomic mass is 79.9. The number of para-hydroxylation sites is 1. The fourth-order valence-corrected chi connectivity index (χ4v) is 2.74. The van der Waals surface area contributed by atoms with E-state index >= 15 is 0 Å². The summed E-state index contributed by atoms with van der Waals surface area (Å²) in [6.07, 6.45) is 0.587. The molecular formula is C18H14BrClN2O2. The van der Waals surface area contributed by atoms with Crippen LogP contribution in [0.15, 0.2) is 57.8 Å². The molecule has 0 fully saturated rings. The highest BCUT2D eigenvalue weighted by Gasteiger charge is 2.08. The Morgan fingerprint density at radius 3 is 2.71 bits per heavy atom. The number of aryl methyl sites for hydroxylation is 1. The summed E-state index contributed by atoms with van der Waals surface area (Å²) in [5, 5.41) is 7.12. The number of hydrogen-bond acceptors (Lipinski definition) is 3. The third-order valence-corrected chi connectivity index (χ3v) is 4.45. The van der Waals surface area contributed by atoms with E-state index in [0.29, 0.717) is 28.5 Å². The molecule has 0 aliphatic carbocycles. The van der Waals surface area contributed by atoms with E-state index in [1.807, 2.05) is 36.4 Å². The number of hydrogen-bond donors (Lipinski definition) is 1. The second kappa shape index (κ2) is 7.20. The van der Waals surface area contributed by atoms with Gasteiger partial charge in [0.15, 0.2) is 0 Å². The van der Waals surface area contributed by atoms with Crippen molar-refractivity contribution in [3.63, 3.8) is 0 Å². The first-order valence-electron chi connectivity index (χ1n) is 7.29. The van der Waals surface area contributed by atoms with Gasteiger partial charge in [0.1, 0.15) is 11.5 Å². The smallest absolute Gasteiger partial charge is 0.267 e. The van der Waals surface area contributed by atoms with E-state index in [0.717, 1.165) is 15.7 Å². The van der Waals surface area contributed by atoms with E-state index < -0.39 is 0 Å². The van der Waals surface area contributed by atoms with Crippen molar-refractivity contribution in [3.8, 4) is 11.5 Å². The van der Waals surface area contributed by atoms with Gasteiger partial charge in [-0.1, -0.05) is 29.8 Å². The van der Waals surface area contributed by atoms with Crippen molar-refractivity contribution in [3.05, 3.63) is 85.2 Å². The van der Waals surface area contributed by atoms with E-state index in [9.17, 15) is 4.79 Å². The second-order valence-electron chi connectivity index (χ2n) is 5.35. The first kappa shape index (κ1) is 16.7. The fourth-order valence-electron chi connectivity index (χ4n) is 2.24. The normalized spacial score (nSPS) is 10.6. The van der Waals surface area contributed by atoms with Gasteiger partial charge in [0.2, 0.25) is 0 Å². The quantitative estimate of drug-likeness (QED) is 0.673. The van der Waals surface area contributed by atoms with Gasteiger partial charge in [-0.25, -0.2) is 5.10 Å². The molecule has 0 saturated carbocycles. The Labute approximate surface area is 152 Å². The molecule has 1 heterocycles. The van der Waals surface area contributed by atoms with Crippen molar-refractivity contribution in [2.24, 2.45) is 0 Å². The number of nitrogens with zero attached hydrogens (tertiary/aromatic N) is 1. The first-order valence-corrected chi connectivity index (χ1v) is 8.46. The van der Waals surface area contributed by atoms with Gasteiger partial charge in [0.25, 0.3) is 5.56 Å². The molecule has 0 saturated heterocycles. The Morgan fingerprint density at radius 2 is 1.96 bits per heavy atom. The highest BCUT2D eigenvalue weighted by Crippen LogP contribution is 2.34. The van der Waals surface area contributed by atoms with Crippen LogP contribution in [0.2, 0.25) is 5.02 Å². The number of nitrogens with one attached hydrogen (secondary N) is 1. The molecule has 122 valence electrons. The van der Waals surface area contributed by atoms with Gasteiger partial charge < -0.3 is 4.74 Å². The van der Waals surface area contributed by atoms with Crippen LogP contribution in [0.3, 0.4) is 0 Å². The Bertz CT molecular complexity index is 940. The Hall–Kier alpha value is -2.11. The van der Waals surface area contributed by atoms with Crippen molar-refractivity contribution in [2.45, 2.75) is 13.3 Å². The summed E-state index contributed by atoms with van der Waals surface area (Å²) in [5.74, 6) is 1.26. The number of ether oxygens (including phenoxy) is 1. The van der Waals surface area contributed by atoms with Crippen LogP contribution < -0.4 is 10.3 Å². The molecule has 0 aliphatic rings. The van der Waals surface area contributed by atoms with Gasteiger partial charge in [-0.2, -0.15) is 5.10 Å². The Kier molecular flexibility index (Phi) is 5.02. The van der Waals surface area contributed by atoms with Gasteiger partial charge in [-0.3, -0.25) is 4.79 Å². The van der Waals surface area contributed by atoms with Crippen molar-refractivity contribution in [2.75, 3.05) is 0 Å². The van der Waals surface area contributed by atoms with Crippen molar-refractivity contribution in [1.29, 1.82) is 0 Å². The average Bonchev–Trinajstić information content (AvgIpc) is 2.56. The fraction of sp³-hybridized carbons (Fsp3) is 0.111. The van der Waals surface area contributed by atoms with Crippen LogP contribution in [0.4, 0.5) is 0 Å². The van der Waals surface area contributed by atoms with Crippen LogP contribution >= 0.6 is 27.5 Å². The minimum Gasteiger partial charge on any atom is -0.455 e. The van der Waals surface area contributed by atoms with Crippen molar-refractivity contribution in [1.82, 2.24) is 10.2 Å². The van der Waals surface area contributed by atoms with Crippen LogP contribution in [0, 0.1) is 6.92 Å². The predicted molar refractivity (Wildman–Crippen MR) is 98.1 cm³/mol. The lowest BCUT2D eigenvalue weighted by Gasteiger charge is -2.11. The summed E-state index contributed by atoms with van der Waals surface area (Å²) in [4.78, 5) is 11.4. The molecule has 0 unspecified atom stereocenters. The van der Waals surface area contributed by atoms with Crippen LogP contribution in [0.1, 0.15) is 16.8 Å². The standard InChI is InChI=1S/C18H14BrClN2O2/c1-11-8-13(21-22-18(11)23)9-12-6-7-14(19)17(10-12)24-16-5-3-2-4-15(16)20/h2-8,10H,9H2,1H3,(H,22,23). The number of halogens is 2. The lowest BCUT2D eigenvalue weighted by atomic mass is 10.1. The van der Waals surface area contributed by atoms with Gasteiger partial charge in [-0.05, 0) is 58.7 Å². The zero-order valence-electron chi connectivity index (χ0n) is 12.8. The molecule has 1 aromatic heterocycles. The SMILES string of the molecule is Cc1cc(Cc2ccc(Br)c(Oc3ccccc3Cl)c2)n[nH]c1=O. The average molecular weight is 406 g/mol.